The van der Waals surface area contributed by atoms with E-state index in [1.807, 2.05) is 47.2 Å². The van der Waals surface area contributed by atoms with Gasteiger partial charge in [-0.2, -0.15) is 0 Å². The van der Waals surface area contributed by atoms with Gasteiger partial charge in [-0.1, -0.05) is 11.6 Å². The van der Waals surface area contributed by atoms with Crippen LogP contribution in [0.1, 0.15) is 5.69 Å². The molecule has 0 bridgehead atoms. The number of carbonyl (C=O) groups is 1. The van der Waals surface area contributed by atoms with E-state index in [1.165, 1.54) is 0 Å². The summed E-state index contributed by atoms with van der Waals surface area (Å²) in [5.41, 5.74) is 2.38. The Hall–Kier alpha value is -1.98. The van der Waals surface area contributed by atoms with Crippen LogP contribution in [0.5, 0.6) is 0 Å². The van der Waals surface area contributed by atoms with Gasteiger partial charge in [0.15, 0.2) is 5.11 Å². The number of thiocarbonyl (C=S) groups is 1. The average molecular weight is 304 g/mol. The first-order valence-electron chi connectivity index (χ1n) is 5.98. The van der Waals surface area contributed by atoms with Gasteiger partial charge in [0.1, 0.15) is 5.71 Å². The first-order chi connectivity index (χ1) is 9.63. The topological polar surface area (TPSA) is 46.4 Å². The van der Waals surface area contributed by atoms with Gasteiger partial charge in [-0.3, -0.25) is 10.1 Å². The van der Waals surface area contributed by atoms with E-state index in [2.05, 4.69) is 10.3 Å². The van der Waals surface area contributed by atoms with Crippen LogP contribution in [0, 0.1) is 0 Å². The first kappa shape index (κ1) is 13.0. The van der Waals surface area contributed by atoms with Gasteiger partial charge in [0.25, 0.3) is 5.91 Å². The summed E-state index contributed by atoms with van der Waals surface area (Å²) in [5, 5.41) is 3.43. The van der Waals surface area contributed by atoms with E-state index in [0.29, 0.717) is 17.2 Å². The highest BCUT2D eigenvalue weighted by molar-refractivity contribution is 7.80. The van der Waals surface area contributed by atoms with Gasteiger partial charge in [0, 0.05) is 29.0 Å². The number of hydrogen-bond acceptors (Lipinski definition) is 2. The van der Waals surface area contributed by atoms with Crippen LogP contribution in [0.15, 0.2) is 47.6 Å². The van der Waals surface area contributed by atoms with E-state index < -0.39 is 0 Å². The Morgan fingerprint density at radius 2 is 2.00 bits per heavy atom. The summed E-state index contributed by atoms with van der Waals surface area (Å²) in [6.07, 6.45) is 2.37. The lowest BCUT2D eigenvalue weighted by Gasteiger charge is -2.08. The summed E-state index contributed by atoms with van der Waals surface area (Å²) >= 11 is 10.8. The molecule has 3 rings (SSSR count). The first-order valence-corrected chi connectivity index (χ1v) is 6.77. The lowest BCUT2D eigenvalue weighted by Crippen LogP contribution is -2.26. The van der Waals surface area contributed by atoms with Gasteiger partial charge in [-0.05, 0) is 48.6 Å². The molecule has 2 aromatic rings. The standard InChI is InChI=1S/C14H10ClN3OS/c15-9-3-5-10(6-4-9)18-7-1-2-11(18)8-12-13(19)17-14(20)16-12/h1-7H,8H2,(H,17,19,20). The van der Waals surface area contributed by atoms with Crippen molar-refractivity contribution in [3.05, 3.63) is 53.3 Å². The number of rotatable bonds is 3. The van der Waals surface area contributed by atoms with Crippen molar-refractivity contribution >= 4 is 40.6 Å². The second kappa shape index (κ2) is 5.19. The third-order valence-corrected chi connectivity index (χ3v) is 3.45. The van der Waals surface area contributed by atoms with Crippen LogP contribution in [0.3, 0.4) is 0 Å². The quantitative estimate of drug-likeness (QED) is 0.886. The summed E-state index contributed by atoms with van der Waals surface area (Å²) in [6, 6.07) is 11.4. The van der Waals surface area contributed by atoms with Gasteiger partial charge in [0.05, 0.1) is 0 Å². The average Bonchev–Trinajstić information content (AvgIpc) is 2.98. The van der Waals surface area contributed by atoms with E-state index in [9.17, 15) is 4.79 Å². The van der Waals surface area contributed by atoms with Crippen molar-refractivity contribution in [3.8, 4) is 5.69 Å². The Balaban J connectivity index is 1.91. The zero-order valence-electron chi connectivity index (χ0n) is 10.3. The maximum Gasteiger partial charge on any atom is 0.272 e. The number of hydrogen-bond donors (Lipinski definition) is 1. The van der Waals surface area contributed by atoms with Crippen molar-refractivity contribution in [1.29, 1.82) is 0 Å². The highest BCUT2D eigenvalue weighted by Crippen LogP contribution is 2.17. The van der Waals surface area contributed by atoms with E-state index in [0.717, 1.165) is 11.4 Å². The van der Waals surface area contributed by atoms with Gasteiger partial charge in [-0.25, -0.2) is 4.99 Å². The number of nitrogens with zero attached hydrogens (tertiary/aromatic N) is 2. The van der Waals surface area contributed by atoms with Crippen molar-refractivity contribution in [3.63, 3.8) is 0 Å². The Bertz CT molecular complexity index is 718. The van der Waals surface area contributed by atoms with Crippen LogP contribution >= 0.6 is 23.8 Å². The Kier molecular flexibility index (Phi) is 3.38. The molecule has 2 heterocycles. The van der Waals surface area contributed by atoms with E-state index in [1.54, 1.807) is 0 Å². The predicted octanol–water partition coefficient (Wildman–Crippen LogP) is 2.53. The van der Waals surface area contributed by atoms with Crippen LogP contribution < -0.4 is 5.32 Å². The maximum atomic E-state index is 11.6. The van der Waals surface area contributed by atoms with Crippen LogP contribution in [0.2, 0.25) is 5.02 Å². The minimum absolute atomic E-state index is 0.223. The molecule has 1 aliphatic rings. The summed E-state index contributed by atoms with van der Waals surface area (Å²) in [6.45, 7) is 0. The predicted molar refractivity (Wildman–Crippen MR) is 82.7 cm³/mol. The molecule has 100 valence electrons. The number of aliphatic imine (C=N–C) groups is 1. The molecule has 0 saturated heterocycles. The number of aromatic nitrogens is 1. The maximum absolute atomic E-state index is 11.6. The highest BCUT2D eigenvalue weighted by atomic mass is 35.5. The fourth-order valence-corrected chi connectivity index (χ4v) is 2.40. The summed E-state index contributed by atoms with van der Waals surface area (Å²) < 4.78 is 1.99. The van der Waals surface area contributed by atoms with Crippen LogP contribution in [0.4, 0.5) is 0 Å². The molecule has 1 N–H and O–H groups in total. The molecular weight excluding hydrogens is 294 g/mol. The molecule has 0 radical (unpaired) electrons. The van der Waals surface area contributed by atoms with Crippen molar-refractivity contribution in [2.24, 2.45) is 4.99 Å². The molecule has 1 amide bonds. The largest absolute Gasteiger partial charge is 0.321 e. The van der Waals surface area contributed by atoms with Crippen LogP contribution in [0.25, 0.3) is 5.69 Å². The Morgan fingerprint density at radius 3 is 2.65 bits per heavy atom. The normalized spacial score (nSPS) is 14.3. The summed E-state index contributed by atoms with van der Waals surface area (Å²) in [5.74, 6) is -0.223. The van der Waals surface area contributed by atoms with E-state index in [-0.39, 0.29) is 11.0 Å². The molecule has 1 aromatic heterocycles. The zero-order valence-corrected chi connectivity index (χ0v) is 11.9. The lowest BCUT2D eigenvalue weighted by molar-refractivity contribution is -0.113. The van der Waals surface area contributed by atoms with Gasteiger partial charge >= 0.3 is 0 Å². The van der Waals surface area contributed by atoms with Crippen molar-refractivity contribution in [2.45, 2.75) is 6.42 Å². The van der Waals surface area contributed by atoms with E-state index in [4.69, 9.17) is 23.8 Å². The number of amides is 1. The van der Waals surface area contributed by atoms with Crippen molar-refractivity contribution in [2.75, 3.05) is 0 Å². The van der Waals surface area contributed by atoms with Crippen molar-refractivity contribution < 1.29 is 4.79 Å². The molecule has 4 nitrogen and oxygen atoms in total. The van der Waals surface area contributed by atoms with Gasteiger partial charge < -0.3 is 4.57 Å². The second-order valence-electron chi connectivity index (χ2n) is 4.34. The molecule has 0 fully saturated rings. The molecule has 0 spiro atoms. The number of carbonyl (C=O) groups excluding carboxylic acids is 1. The molecule has 0 unspecified atom stereocenters. The lowest BCUT2D eigenvalue weighted by atomic mass is 10.2. The number of nitrogens with one attached hydrogen (secondary N) is 1. The molecule has 1 aromatic carbocycles. The van der Waals surface area contributed by atoms with Gasteiger partial charge in [-0.15, -0.1) is 0 Å². The zero-order chi connectivity index (χ0) is 14.1. The van der Waals surface area contributed by atoms with Crippen LogP contribution in [-0.2, 0) is 11.2 Å². The van der Waals surface area contributed by atoms with Crippen molar-refractivity contribution in [1.82, 2.24) is 9.88 Å². The second-order valence-corrected chi connectivity index (χ2v) is 5.16. The fourth-order valence-electron chi connectivity index (χ4n) is 2.08. The molecule has 0 atom stereocenters. The molecule has 6 heteroatoms. The number of halogens is 1. The monoisotopic (exact) mass is 303 g/mol. The number of benzene rings is 1. The fraction of sp³-hybridized carbons (Fsp3) is 0.0714. The highest BCUT2D eigenvalue weighted by Gasteiger charge is 2.21. The SMILES string of the molecule is O=C1NC(=S)N=C1Cc1cccn1-c1ccc(Cl)cc1. The molecule has 0 saturated carbocycles. The third kappa shape index (κ3) is 2.50. The Morgan fingerprint density at radius 1 is 1.25 bits per heavy atom. The summed E-state index contributed by atoms with van der Waals surface area (Å²) in [4.78, 5) is 15.7. The van der Waals surface area contributed by atoms with Crippen LogP contribution in [-0.4, -0.2) is 21.3 Å². The van der Waals surface area contributed by atoms with Gasteiger partial charge in [0.2, 0.25) is 0 Å². The molecule has 1 aliphatic heterocycles. The molecular formula is C14H10ClN3OS. The minimum Gasteiger partial charge on any atom is -0.321 e. The summed E-state index contributed by atoms with van der Waals surface area (Å²) in [7, 11) is 0. The van der Waals surface area contributed by atoms with E-state index >= 15 is 0 Å². The third-order valence-electron chi connectivity index (χ3n) is 3.01. The minimum atomic E-state index is -0.223. The molecule has 20 heavy (non-hydrogen) atoms. The molecule has 0 aliphatic carbocycles. The smallest absolute Gasteiger partial charge is 0.272 e. The Labute approximate surface area is 126 Å².